The van der Waals surface area contributed by atoms with Crippen LogP contribution < -0.4 is 14.8 Å². The van der Waals surface area contributed by atoms with Crippen molar-refractivity contribution in [1.29, 1.82) is 0 Å². The monoisotopic (exact) mass is 377 g/mol. The molecule has 3 aromatic rings. The Labute approximate surface area is 164 Å². The molecular weight excluding hydrogens is 354 g/mol. The minimum atomic E-state index is -0.0557. The summed E-state index contributed by atoms with van der Waals surface area (Å²) in [7, 11) is 1.65. The first-order chi connectivity index (χ1) is 13.7. The van der Waals surface area contributed by atoms with Crippen LogP contribution in [0.5, 0.6) is 11.6 Å². The number of nitrogens with zero attached hydrogens (tertiary/aromatic N) is 2. The summed E-state index contributed by atoms with van der Waals surface area (Å²) in [6.45, 7) is 1.74. The molecule has 0 unspecified atom stereocenters. The Morgan fingerprint density at radius 2 is 1.89 bits per heavy atom. The van der Waals surface area contributed by atoms with Crippen LogP contribution in [0.2, 0.25) is 0 Å². The molecule has 0 bridgehead atoms. The maximum absolute atomic E-state index is 12.2. The normalized spacial score (nSPS) is 13.8. The molecule has 1 aliphatic heterocycles. The smallest absolute Gasteiger partial charge is 0.317 e. The Morgan fingerprint density at radius 3 is 2.68 bits per heavy atom. The van der Waals surface area contributed by atoms with Crippen molar-refractivity contribution < 1.29 is 14.3 Å². The third kappa shape index (κ3) is 4.17. The van der Waals surface area contributed by atoms with E-state index in [4.69, 9.17) is 9.47 Å². The number of fused-ring (bicyclic) bond motifs is 1. The van der Waals surface area contributed by atoms with Crippen molar-refractivity contribution in [3.8, 4) is 11.6 Å². The standard InChI is InChI=1S/C22H23N3O3/c1-27-18-9-6-16(7-10-18)12-13-23-22(26)25-14-19(15-25)28-21-11-8-17-4-2-3-5-20(17)24-21/h2-11,19H,12-15H2,1H3,(H,23,26). The Kier molecular flexibility index (Phi) is 5.28. The molecule has 0 radical (unpaired) electrons. The number of para-hydroxylation sites is 1. The van der Waals surface area contributed by atoms with Crippen LogP contribution in [-0.2, 0) is 6.42 Å². The van der Waals surface area contributed by atoms with Crippen molar-refractivity contribution >= 4 is 16.9 Å². The molecule has 0 spiro atoms. The molecule has 2 amide bonds. The van der Waals surface area contributed by atoms with Crippen LogP contribution in [0, 0.1) is 0 Å². The zero-order valence-corrected chi connectivity index (χ0v) is 15.8. The number of urea groups is 1. The number of methoxy groups -OCH3 is 1. The van der Waals surface area contributed by atoms with Gasteiger partial charge in [0.05, 0.1) is 25.7 Å². The Bertz CT molecular complexity index is 953. The molecule has 1 saturated heterocycles. The fourth-order valence-electron chi connectivity index (χ4n) is 3.18. The van der Waals surface area contributed by atoms with Gasteiger partial charge in [-0.1, -0.05) is 30.3 Å². The van der Waals surface area contributed by atoms with Gasteiger partial charge in [-0.2, -0.15) is 0 Å². The van der Waals surface area contributed by atoms with E-state index in [2.05, 4.69) is 10.3 Å². The highest BCUT2D eigenvalue weighted by Gasteiger charge is 2.32. The van der Waals surface area contributed by atoms with E-state index in [9.17, 15) is 4.79 Å². The van der Waals surface area contributed by atoms with Gasteiger partial charge in [0, 0.05) is 18.0 Å². The van der Waals surface area contributed by atoms with Crippen LogP contribution >= 0.6 is 0 Å². The molecular formula is C22H23N3O3. The number of likely N-dealkylation sites (tertiary alicyclic amines) is 1. The van der Waals surface area contributed by atoms with Crippen molar-refractivity contribution in [2.24, 2.45) is 0 Å². The number of pyridine rings is 1. The van der Waals surface area contributed by atoms with Crippen LogP contribution in [0.1, 0.15) is 5.56 Å². The summed E-state index contributed by atoms with van der Waals surface area (Å²) in [5.74, 6) is 1.43. The molecule has 0 aliphatic carbocycles. The molecule has 1 aromatic heterocycles. The van der Waals surface area contributed by atoms with Gasteiger partial charge in [0.25, 0.3) is 0 Å². The lowest BCUT2D eigenvalue weighted by molar-refractivity contribution is 0.0417. The van der Waals surface area contributed by atoms with Gasteiger partial charge in [-0.05, 0) is 36.2 Å². The predicted molar refractivity (Wildman–Crippen MR) is 108 cm³/mol. The summed E-state index contributed by atoms with van der Waals surface area (Å²) >= 11 is 0. The van der Waals surface area contributed by atoms with E-state index in [0.29, 0.717) is 25.5 Å². The first-order valence-electron chi connectivity index (χ1n) is 9.39. The second-order valence-electron chi connectivity index (χ2n) is 6.82. The summed E-state index contributed by atoms with van der Waals surface area (Å²) < 4.78 is 11.0. The lowest BCUT2D eigenvalue weighted by Gasteiger charge is -2.38. The molecule has 28 heavy (non-hydrogen) atoms. The maximum Gasteiger partial charge on any atom is 0.317 e. The maximum atomic E-state index is 12.2. The van der Waals surface area contributed by atoms with Crippen molar-refractivity contribution in [2.75, 3.05) is 26.7 Å². The number of carbonyl (C=O) groups is 1. The summed E-state index contributed by atoms with van der Waals surface area (Å²) in [6, 6.07) is 19.6. The van der Waals surface area contributed by atoms with Gasteiger partial charge in [-0.3, -0.25) is 0 Å². The molecule has 144 valence electrons. The molecule has 0 atom stereocenters. The van der Waals surface area contributed by atoms with E-state index in [1.807, 2.05) is 60.7 Å². The average molecular weight is 377 g/mol. The highest BCUT2D eigenvalue weighted by atomic mass is 16.5. The fraction of sp³-hybridized carbons (Fsp3) is 0.273. The average Bonchev–Trinajstić information content (AvgIpc) is 2.70. The van der Waals surface area contributed by atoms with Gasteiger partial charge in [-0.25, -0.2) is 9.78 Å². The summed E-state index contributed by atoms with van der Waals surface area (Å²) in [5.41, 5.74) is 2.07. The van der Waals surface area contributed by atoms with Crippen LogP contribution in [-0.4, -0.2) is 48.8 Å². The number of hydrogen-bond acceptors (Lipinski definition) is 4. The molecule has 1 fully saturated rings. The molecule has 4 rings (SSSR count). The van der Waals surface area contributed by atoms with E-state index in [0.717, 1.165) is 28.6 Å². The van der Waals surface area contributed by atoms with Crippen molar-refractivity contribution in [3.63, 3.8) is 0 Å². The Hall–Kier alpha value is -3.28. The van der Waals surface area contributed by atoms with Gasteiger partial charge in [-0.15, -0.1) is 0 Å². The van der Waals surface area contributed by atoms with Gasteiger partial charge >= 0.3 is 6.03 Å². The van der Waals surface area contributed by atoms with Crippen LogP contribution in [0.3, 0.4) is 0 Å². The van der Waals surface area contributed by atoms with E-state index >= 15 is 0 Å². The first-order valence-corrected chi connectivity index (χ1v) is 9.39. The molecule has 1 aliphatic rings. The number of benzene rings is 2. The molecule has 1 N–H and O–H groups in total. The first kappa shape index (κ1) is 18.1. The SMILES string of the molecule is COc1ccc(CCNC(=O)N2CC(Oc3ccc4ccccc4n3)C2)cc1. The van der Waals surface area contributed by atoms with E-state index in [1.165, 1.54) is 0 Å². The third-order valence-corrected chi connectivity index (χ3v) is 4.84. The largest absolute Gasteiger partial charge is 0.497 e. The number of ether oxygens (including phenoxy) is 2. The lowest BCUT2D eigenvalue weighted by atomic mass is 10.1. The predicted octanol–water partition coefficient (Wildman–Crippen LogP) is 3.26. The second kappa shape index (κ2) is 8.17. The highest BCUT2D eigenvalue weighted by molar-refractivity contribution is 5.78. The topological polar surface area (TPSA) is 63.7 Å². The third-order valence-electron chi connectivity index (χ3n) is 4.84. The Balaban J connectivity index is 1.20. The molecule has 6 heteroatoms. The number of amides is 2. The molecule has 6 nitrogen and oxygen atoms in total. The fourth-order valence-corrected chi connectivity index (χ4v) is 3.18. The number of carbonyl (C=O) groups excluding carboxylic acids is 1. The summed E-state index contributed by atoms with van der Waals surface area (Å²) in [6.07, 6.45) is 0.769. The molecule has 2 heterocycles. The zero-order chi connectivity index (χ0) is 19.3. The second-order valence-corrected chi connectivity index (χ2v) is 6.82. The quantitative estimate of drug-likeness (QED) is 0.716. The number of nitrogens with one attached hydrogen (secondary N) is 1. The van der Waals surface area contributed by atoms with Gasteiger partial charge < -0.3 is 19.7 Å². The minimum absolute atomic E-state index is 0.0130. The van der Waals surface area contributed by atoms with Crippen molar-refractivity contribution in [1.82, 2.24) is 15.2 Å². The molecule has 0 saturated carbocycles. The van der Waals surface area contributed by atoms with Crippen LogP contribution in [0.15, 0.2) is 60.7 Å². The minimum Gasteiger partial charge on any atom is -0.497 e. The van der Waals surface area contributed by atoms with Crippen LogP contribution in [0.4, 0.5) is 4.79 Å². The van der Waals surface area contributed by atoms with E-state index in [-0.39, 0.29) is 12.1 Å². The number of hydrogen-bond donors (Lipinski definition) is 1. The van der Waals surface area contributed by atoms with E-state index < -0.39 is 0 Å². The summed E-state index contributed by atoms with van der Waals surface area (Å²) in [5, 5.41) is 4.04. The molecule has 2 aromatic carbocycles. The Morgan fingerprint density at radius 1 is 1.11 bits per heavy atom. The van der Waals surface area contributed by atoms with Crippen molar-refractivity contribution in [3.05, 3.63) is 66.2 Å². The van der Waals surface area contributed by atoms with E-state index in [1.54, 1.807) is 12.0 Å². The van der Waals surface area contributed by atoms with Crippen molar-refractivity contribution in [2.45, 2.75) is 12.5 Å². The van der Waals surface area contributed by atoms with Gasteiger partial charge in [0.15, 0.2) is 0 Å². The lowest BCUT2D eigenvalue weighted by Crippen LogP contribution is -2.59. The van der Waals surface area contributed by atoms with Crippen LogP contribution in [0.25, 0.3) is 10.9 Å². The zero-order valence-electron chi connectivity index (χ0n) is 15.8. The number of aromatic nitrogens is 1. The highest BCUT2D eigenvalue weighted by Crippen LogP contribution is 2.20. The van der Waals surface area contributed by atoms with Gasteiger partial charge in [0.1, 0.15) is 11.9 Å². The van der Waals surface area contributed by atoms with Gasteiger partial charge in [0.2, 0.25) is 5.88 Å². The number of rotatable bonds is 6. The summed E-state index contributed by atoms with van der Waals surface area (Å²) in [4.78, 5) is 18.5.